The van der Waals surface area contributed by atoms with Crippen molar-refractivity contribution in [3.8, 4) is 0 Å². The molecule has 0 aliphatic carbocycles. The maximum atomic E-state index is 11.8. The van der Waals surface area contributed by atoms with E-state index in [0.29, 0.717) is 0 Å². The number of carboxylic acid groups (broad SMARTS) is 1. The van der Waals surface area contributed by atoms with E-state index in [-0.39, 0.29) is 13.2 Å². The lowest BCUT2D eigenvalue weighted by atomic mass is 10.0. The molecule has 8 heteroatoms. The molecule has 0 aromatic rings. The van der Waals surface area contributed by atoms with Gasteiger partial charge in [-0.15, -0.1) is 0 Å². The molecule has 3 atom stereocenters. The molecule has 0 spiro atoms. The van der Waals surface area contributed by atoms with E-state index in [1.54, 1.807) is 0 Å². The summed E-state index contributed by atoms with van der Waals surface area (Å²) in [6, 6.07) is -1.92. The standard InChI is InChI=1S/C10H17N3O5/c1-5(8(11)14)12-10(17)13(2)7-4-18-3-6(7)9(15)16/h5-7H,3-4H2,1-2H3,(H2,11,14)(H,12,17)(H,15,16). The van der Waals surface area contributed by atoms with E-state index >= 15 is 0 Å². The normalized spacial score (nSPS) is 24.3. The molecular formula is C10H17N3O5. The SMILES string of the molecule is CC(NC(=O)N(C)C1COCC1C(=O)O)C(N)=O. The van der Waals surface area contributed by atoms with Gasteiger partial charge in [0.25, 0.3) is 0 Å². The number of amides is 3. The van der Waals surface area contributed by atoms with Crippen LogP contribution in [0.1, 0.15) is 6.92 Å². The van der Waals surface area contributed by atoms with Gasteiger partial charge in [0.15, 0.2) is 0 Å². The van der Waals surface area contributed by atoms with Gasteiger partial charge in [0.1, 0.15) is 12.0 Å². The van der Waals surface area contributed by atoms with Crippen molar-refractivity contribution in [1.82, 2.24) is 10.2 Å². The van der Waals surface area contributed by atoms with E-state index in [4.69, 9.17) is 15.6 Å². The summed E-state index contributed by atoms with van der Waals surface area (Å²) in [4.78, 5) is 34.8. The molecule has 1 rings (SSSR count). The van der Waals surface area contributed by atoms with Gasteiger partial charge in [0, 0.05) is 7.05 Å². The van der Waals surface area contributed by atoms with Crippen molar-refractivity contribution in [2.75, 3.05) is 20.3 Å². The Balaban J connectivity index is 2.63. The number of likely N-dealkylation sites (N-methyl/N-ethyl adjacent to an activating group) is 1. The molecule has 0 bridgehead atoms. The van der Waals surface area contributed by atoms with Crippen molar-refractivity contribution >= 4 is 17.9 Å². The molecule has 0 saturated carbocycles. The summed E-state index contributed by atoms with van der Waals surface area (Å²) in [7, 11) is 1.46. The number of rotatable bonds is 4. The molecule has 1 heterocycles. The zero-order chi connectivity index (χ0) is 13.9. The van der Waals surface area contributed by atoms with Crippen molar-refractivity contribution in [2.45, 2.75) is 19.0 Å². The van der Waals surface area contributed by atoms with Gasteiger partial charge in [-0.1, -0.05) is 0 Å². The predicted octanol–water partition coefficient (Wildman–Crippen LogP) is -1.40. The number of urea groups is 1. The number of carboxylic acids is 1. The second-order valence-electron chi connectivity index (χ2n) is 4.23. The van der Waals surface area contributed by atoms with Crippen LogP contribution < -0.4 is 11.1 Å². The van der Waals surface area contributed by atoms with Gasteiger partial charge in [-0.25, -0.2) is 4.79 Å². The van der Waals surface area contributed by atoms with E-state index < -0.39 is 35.9 Å². The highest BCUT2D eigenvalue weighted by Gasteiger charge is 2.38. The van der Waals surface area contributed by atoms with Gasteiger partial charge >= 0.3 is 12.0 Å². The number of carbonyl (C=O) groups is 3. The Bertz CT molecular complexity index is 359. The monoisotopic (exact) mass is 259 g/mol. The Hall–Kier alpha value is -1.83. The van der Waals surface area contributed by atoms with Crippen molar-refractivity contribution in [1.29, 1.82) is 0 Å². The van der Waals surface area contributed by atoms with Crippen molar-refractivity contribution in [2.24, 2.45) is 11.7 Å². The van der Waals surface area contributed by atoms with E-state index in [1.807, 2.05) is 0 Å². The Morgan fingerprint density at radius 2 is 2.06 bits per heavy atom. The minimum absolute atomic E-state index is 0.0724. The van der Waals surface area contributed by atoms with Gasteiger partial charge in [0.05, 0.1) is 19.3 Å². The van der Waals surface area contributed by atoms with Gasteiger partial charge < -0.3 is 25.8 Å². The molecule has 1 fully saturated rings. The molecular weight excluding hydrogens is 242 g/mol. The van der Waals surface area contributed by atoms with Gasteiger partial charge in [-0.2, -0.15) is 0 Å². The number of nitrogens with two attached hydrogens (primary N) is 1. The van der Waals surface area contributed by atoms with Crippen LogP contribution in [0.15, 0.2) is 0 Å². The third-order valence-electron chi connectivity index (χ3n) is 2.95. The Morgan fingerprint density at radius 3 is 2.56 bits per heavy atom. The molecule has 1 aliphatic rings. The molecule has 102 valence electrons. The molecule has 18 heavy (non-hydrogen) atoms. The summed E-state index contributed by atoms with van der Waals surface area (Å²) in [5.74, 6) is -2.43. The van der Waals surface area contributed by atoms with Crippen LogP contribution in [0, 0.1) is 5.92 Å². The summed E-state index contributed by atoms with van der Waals surface area (Å²) in [5, 5.41) is 11.4. The second-order valence-corrected chi connectivity index (χ2v) is 4.23. The van der Waals surface area contributed by atoms with Crippen LogP contribution in [0.25, 0.3) is 0 Å². The zero-order valence-corrected chi connectivity index (χ0v) is 10.3. The van der Waals surface area contributed by atoms with Crippen LogP contribution in [0.3, 0.4) is 0 Å². The largest absolute Gasteiger partial charge is 0.481 e. The average molecular weight is 259 g/mol. The molecule has 4 N–H and O–H groups in total. The Morgan fingerprint density at radius 1 is 1.44 bits per heavy atom. The third kappa shape index (κ3) is 3.10. The van der Waals surface area contributed by atoms with Crippen LogP contribution in [-0.4, -0.2) is 60.3 Å². The quantitative estimate of drug-likeness (QED) is 0.573. The van der Waals surface area contributed by atoms with Crippen LogP contribution in [0.5, 0.6) is 0 Å². The van der Waals surface area contributed by atoms with Gasteiger partial charge in [-0.3, -0.25) is 9.59 Å². The number of aliphatic carboxylic acids is 1. The summed E-state index contributed by atoms with van der Waals surface area (Å²) in [6.45, 7) is 1.68. The second kappa shape index (κ2) is 5.67. The number of hydrogen-bond donors (Lipinski definition) is 3. The number of nitrogens with one attached hydrogen (secondary N) is 1. The number of carbonyl (C=O) groups excluding carboxylic acids is 2. The molecule has 3 amide bonds. The summed E-state index contributed by atoms with van der Waals surface area (Å²) in [6.07, 6.45) is 0. The fraction of sp³-hybridized carbons (Fsp3) is 0.700. The summed E-state index contributed by atoms with van der Waals surface area (Å²) >= 11 is 0. The highest BCUT2D eigenvalue weighted by Crippen LogP contribution is 2.19. The van der Waals surface area contributed by atoms with E-state index in [1.165, 1.54) is 18.9 Å². The van der Waals surface area contributed by atoms with E-state index in [0.717, 1.165) is 0 Å². The minimum Gasteiger partial charge on any atom is -0.481 e. The first-order valence-corrected chi connectivity index (χ1v) is 5.47. The lowest BCUT2D eigenvalue weighted by Gasteiger charge is -2.27. The van der Waals surface area contributed by atoms with Crippen LogP contribution in [0.2, 0.25) is 0 Å². The first-order valence-electron chi connectivity index (χ1n) is 5.47. The molecule has 8 nitrogen and oxygen atoms in total. The van der Waals surface area contributed by atoms with Gasteiger partial charge in [-0.05, 0) is 6.92 Å². The molecule has 1 aliphatic heterocycles. The third-order valence-corrected chi connectivity index (χ3v) is 2.95. The summed E-state index contributed by atoms with van der Waals surface area (Å²) in [5.41, 5.74) is 5.02. The van der Waals surface area contributed by atoms with Crippen molar-refractivity contribution < 1.29 is 24.2 Å². The maximum absolute atomic E-state index is 11.8. The molecule has 0 aromatic heterocycles. The number of nitrogens with zero attached hydrogens (tertiary/aromatic N) is 1. The van der Waals surface area contributed by atoms with Crippen LogP contribution in [0.4, 0.5) is 4.79 Å². The average Bonchev–Trinajstić information content (AvgIpc) is 2.76. The fourth-order valence-corrected chi connectivity index (χ4v) is 1.67. The highest BCUT2D eigenvalue weighted by atomic mass is 16.5. The predicted molar refractivity (Wildman–Crippen MR) is 60.7 cm³/mol. The maximum Gasteiger partial charge on any atom is 0.318 e. The lowest BCUT2D eigenvalue weighted by molar-refractivity contribution is -0.142. The first-order chi connectivity index (χ1) is 8.34. The molecule has 3 unspecified atom stereocenters. The number of primary amides is 1. The summed E-state index contributed by atoms with van der Waals surface area (Å²) < 4.78 is 5.06. The van der Waals surface area contributed by atoms with Crippen LogP contribution in [-0.2, 0) is 14.3 Å². The molecule has 0 radical (unpaired) electrons. The Labute approximate surface area is 104 Å². The molecule has 0 aromatic carbocycles. The van der Waals surface area contributed by atoms with Crippen LogP contribution >= 0.6 is 0 Å². The fourth-order valence-electron chi connectivity index (χ4n) is 1.67. The Kier molecular flexibility index (Phi) is 4.49. The highest BCUT2D eigenvalue weighted by molar-refractivity contribution is 5.85. The lowest BCUT2D eigenvalue weighted by Crippen LogP contribution is -2.52. The first kappa shape index (κ1) is 14.2. The molecule has 1 saturated heterocycles. The smallest absolute Gasteiger partial charge is 0.318 e. The topological polar surface area (TPSA) is 122 Å². The zero-order valence-electron chi connectivity index (χ0n) is 10.3. The number of ether oxygens (including phenoxy) is 1. The van der Waals surface area contributed by atoms with E-state index in [2.05, 4.69) is 5.32 Å². The number of hydrogen-bond acceptors (Lipinski definition) is 4. The minimum atomic E-state index is -1.01. The van der Waals surface area contributed by atoms with Crippen molar-refractivity contribution in [3.63, 3.8) is 0 Å². The van der Waals surface area contributed by atoms with E-state index in [9.17, 15) is 14.4 Å². The van der Waals surface area contributed by atoms with Crippen molar-refractivity contribution in [3.05, 3.63) is 0 Å². The van der Waals surface area contributed by atoms with Gasteiger partial charge in [0.2, 0.25) is 5.91 Å².